The lowest BCUT2D eigenvalue weighted by molar-refractivity contribution is 0.285. The van der Waals surface area contributed by atoms with Gasteiger partial charge in [0.15, 0.2) is 4.90 Å². The van der Waals surface area contributed by atoms with Crippen molar-refractivity contribution in [2.45, 2.75) is 43.9 Å². The molecule has 0 heterocycles. The molecule has 0 atom stereocenters. The maximum atomic E-state index is 13.7. The van der Waals surface area contributed by atoms with Crippen molar-refractivity contribution in [1.29, 1.82) is 0 Å². The molecule has 1 saturated carbocycles. The van der Waals surface area contributed by atoms with E-state index in [4.69, 9.17) is 5.73 Å². The fourth-order valence-corrected chi connectivity index (χ4v) is 4.21. The molecular formula is C14H20F2N2O2S. The second kappa shape index (κ2) is 5.88. The van der Waals surface area contributed by atoms with Gasteiger partial charge in [-0.3, -0.25) is 0 Å². The van der Waals surface area contributed by atoms with E-state index < -0.39 is 26.6 Å². The molecule has 2 rings (SSSR count). The van der Waals surface area contributed by atoms with E-state index in [9.17, 15) is 17.2 Å². The summed E-state index contributed by atoms with van der Waals surface area (Å²) in [5.74, 6) is -2.34. The molecule has 0 aliphatic heterocycles. The van der Waals surface area contributed by atoms with Crippen LogP contribution in [0, 0.1) is 17.0 Å². The highest BCUT2D eigenvalue weighted by molar-refractivity contribution is 7.89. The minimum Gasteiger partial charge on any atom is -0.399 e. The summed E-state index contributed by atoms with van der Waals surface area (Å²) in [6, 6.07) is 1.62. The van der Waals surface area contributed by atoms with Gasteiger partial charge in [0.05, 0.1) is 0 Å². The molecule has 3 N–H and O–H groups in total. The van der Waals surface area contributed by atoms with Gasteiger partial charge in [0.25, 0.3) is 0 Å². The molecular weight excluding hydrogens is 298 g/mol. The van der Waals surface area contributed by atoms with Crippen LogP contribution in [0.1, 0.15) is 39.0 Å². The second-order valence-corrected chi connectivity index (χ2v) is 7.40. The normalized spacial score (nSPS) is 18.0. The van der Waals surface area contributed by atoms with Gasteiger partial charge in [-0.1, -0.05) is 19.8 Å². The Balaban J connectivity index is 2.23. The van der Waals surface area contributed by atoms with Gasteiger partial charge in [0.1, 0.15) is 11.6 Å². The molecule has 1 aromatic rings. The Hall–Kier alpha value is -1.21. The van der Waals surface area contributed by atoms with E-state index >= 15 is 0 Å². The van der Waals surface area contributed by atoms with E-state index in [-0.39, 0.29) is 17.6 Å². The molecule has 118 valence electrons. The first-order valence-electron chi connectivity index (χ1n) is 7.04. The monoisotopic (exact) mass is 318 g/mol. The Morgan fingerprint density at radius 3 is 2.24 bits per heavy atom. The Bertz CT molecular complexity index is 603. The first-order chi connectivity index (χ1) is 9.80. The van der Waals surface area contributed by atoms with Crippen molar-refractivity contribution < 1.29 is 17.2 Å². The summed E-state index contributed by atoms with van der Waals surface area (Å²) in [4.78, 5) is -0.957. The van der Waals surface area contributed by atoms with Crippen LogP contribution in [0.2, 0.25) is 0 Å². The number of hydrogen-bond acceptors (Lipinski definition) is 3. The van der Waals surface area contributed by atoms with Crippen LogP contribution in [0.4, 0.5) is 14.5 Å². The van der Waals surface area contributed by atoms with Crippen molar-refractivity contribution in [3.8, 4) is 0 Å². The molecule has 21 heavy (non-hydrogen) atoms. The third-order valence-electron chi connectivity index (χ3n) is 4.34. The third-order valence-corrected chi connectivity index (χ3v) is 5.79. The molecule has 0 spiro atoms. The lowest BCUT2D eigenvalue weighted by Crippen LogP contribution is -2.36. The highest BCUT2D eigenvalue weighted by Crippen LogP contribution is 2.40. The van der Waals surface area contributed by atoms with Gasteiger partial charge in [-0.2, -0.15) is 0 Å². The second-order valence-electron chi connectivity index (χ2n) is 5.70. The average molecular weight is 318 g/mol. The first-order valence-corrected chi connectivity index (χ1v) is 8.52. The predicted octanol–water partition coefficient (Wildman–Crippen LogP) is 2.80. The summed E-state index contributed by atoms with van der Waals surface area (Å²) in [5, 5.41) is 0. The Morgan fingerprint density at radius 2 is 1.76 bits per heavy atom. The molecule has 0 saturated heterocycles. The van der Waals surface area contributed by atoms with Crippen LogP contribution in [-0.2, 0) is 10.0 Å². The van der Waals surface area contributed by atoms with Crippen molar-refractivity contribution in [3.63, 3.8) is 0 Å². The Kier molecular flexibility index (Phi) is 4.53. The van der Waals surface area contributed by atoms with Gasteiger partial charge >= 0.3 is 0 Å². The highest BCUT2D eigenvalue weighted by Gasteiger charge is 2.34. The van der Waals surface area contributed by atoms with Gasteiger partial charge in [0, 0.05) is 12.2 Å². The zero-order chi connectivity index (χ0) is 15.7. The number of sulfonamides is 1. The zero-order valence-electron chi connectivity index (χ0n) is 12.0. The van der Waals surface area contributed by atoms with Crippen molar-refractivity contribution in [3.05, 3.63) is 23.8 Å². The number of nitrogens with two attached hydrogens (primary N) is 1. The number of nitrogens with one attached hydrogen (secondary N) is 1. The molecule has 4 nitrogen and oxygen atoms in total. The molecule has 1 aliphatic rings. The number of halogens is 2. The van der Waals surface area contributed by atoms with Gasteiger partial charge in [-0.25, -0.2) is 21.9 Å². The number of anilines is 1. The standard InChI is InChI=1S/C14H20F2N2O2S/c1-2-14(5-3-4-6-14)9-18-21(19,20)13-11(15)7-10(17)8-12(13)16/h7-8,18H,2-6,9,17H2,1H3. The molecule has 1 fully saturated rings. The predicted molar refractivity (Wildman–Crippen MR) is 77.2 cm³/mol. The Morgan fingerprint density at radius 1 is 1.24 bits per heavy atom. The van der Waals surface area contributed by atoms with E-state index in [1.807, 2.05) is 6.92 Å². The molecule has 0 bridgehead atoms. The van der Waals surface area contributed by atoms with Crippen molar-refractivity contribution in [1.82, 2.24) is 4.72 Å². The van der Waals surface area contributed by atoms with Crippen molar-refractivity contribution >= 4 is 15.7 Å². The quantitative estimate of drug-likeness (QED) is 0.820. The fourth-order valence-electron chi connectivity index (χ4n) is 2.94. The lowest BCUT2D eigenvalue weighted by atomic mass is 9.84. The topological polar surface area (TPSA) is 72.2 Å². The van der Waals surface area contributed by atoms with Gasteiger partial charge < -0.3 is 5.73 Å². The van der Waals surface area contributed by atoms with Crippen LogP contribution in [0.15, 0.2) is 17.0 Å². The van der Waals surface area contributed by atoms with Crippen LogP contribution >= 0.6 is 0 Å². The van der Waals surface area contributed by atoms with Crippen LogP contribution in [0.3, 0.4) is 0 Å². The highest BCUT2D eigenvalue weighted by atomic mass is 32.2. The number of hydrogen-bond donors (Lipinski definition) is 2. The summed E-state index contributed by atoms with van der Waals surface area (Å²) < 4.78 is 54.2. The maximum absolute atomic E-state index is 13.7. The van der Waals surface area contributed by atoms with E-state index in [1.54, 1.807) is 0 Å². The first kappa shape index (κ1) is 16.2. The van der Waals surface area contributed by atoms with Gasteiger partial charge in [0.2, 0.25) is 10.0 Å². The molecule has 0 unspecified atom stereocenters. The molecule has 0 radical (unpaired) electrons. The summed E-state index contributed by atoms with van der Waals surface area (Å²) in [6.45, 7) is 2.21. The van der Waals surface area contributed by atoms with E-state index in [0.29, 0.717) is 0 Å². The van der Waals surface area contributed by atoms with Crippen molar-refractivity contribution in [2.75, 3.05) is 12.3 Å². The molecule has 1 aliphatic carbocycles. The average Bonchev–Trinajstić information content (AvgIpc) is 2.84. The molecule has 0 amide bonds. The molecule has 0 aromatic heterocycles. The maximum Gasteiger partial charge on any atom is 0.246 e. The summed E-state index contributed by atoms with van der Waals surface area (Å²) in [6.07, 6.45) is 4.81. The number of nitrogen functional groups attached to an aromatic ring is 1. The van der Waals surface area contributed by atoms with E-state index in [2.05, 4.69) is 4.72 Å². The lowest BCUT2D eigenvalue weighted by Gasteiger charge is -2.27. The minimum atomic E-state index is -4.23. The smallest absolute Gasteiger partial charge is 0.246 e. The summed E-state index contributed by atoms with van der Waals surface area (Å²) in [5.41, 5.74) is 5.04. The fraction of sp³-hybridized carbons (Fsp3) is 0.571. The van der Waals surface area contributed by atoms with Gasteiger partial charge in [-0.15, -0.1) is 0 Å². The number of benzene rings is 1. The van der Waals surface area contributed by atoms with Crippen molar-refractivity contribution in [2.24, 2.45) is 5.41 Å². The van der Waals surface area contributed by atoms with Crippen LogP contribution in [0.5, 0.6) is 0 Å². The molecule has 7 heteroatoms. The van der Waals surface area contributed by atoms with E-state index in [1.165, 1.54) is 0 Å². The van der Waals surface area contributed by atoms with Gasteiger partial charge in [-0.05, 0) is 36.8 Å². The molecule has 1 aromatic carbocycles. The Labute approximate surface area is 123 Å². The van der Waals surface area contributed by atoms with Crippen LogP contribution in [-0.4, -0.2) is 15.0 Å². The minimum absolute atomic E-state index is 0.103. The third kappa shape index (κ3) is 3.35. The van der Waals surface area contributed by atoms with E-state index in [0.717, 1.165) is 44.2 Å². The zero-order valence-corrected chi connectivity index (χ0v) is 12.8. The van der Waals surface area contributed by atoms with Crippen LogP contribution in [0.25, 0.3) is 0 Å². The summed E-state index contributed by atoms with van der Waals surface area (Å²) in [7, 11) is -4.23. The largest absolute Gasteiger partial charge is 0.399 e. The SMILES string of the molecule is CCC1(CNS(=O)(=O)c2c(F)cc(N)cc2F)CCCC1. The van der Waals surface area contributed by atoms with Crippen LogP contribution < -0.4 is 10.5 Å². The summed E-state index contributed by atoms with van der Waals surface area (Å²) >= 11 is 0. The number of rotatable bonds is 5.